The molecule has 2 aromatic rings. The lowest BCUT2D eigenvalue weighted by Crippen LogP contribution is -2.10. The molecule has 0 saturated heterocycles. The van der Waals surface area contributed by atoms with Crippen molar-refractivity contribution < 1.29 is 14.5 Å². The SMILES string of the molecule is Cc1cc(OCc2ccc(C(N)=O)cc2)ccc1[N+](=O)[O-]. The molecule has 0 unspecified atom stereocenters. The standard InChI is InChI=1S/C15H14N2O4/c1-10-8-13(6-7-14(10)17(19)20)21-9-11-2-4-12(5-3-11)15(16)18/h2-8H,9H2,1H3,(H2,16,18). The van der Waals surface area contributed by atoms with Gasteiger partial charge in [0.25, 0.3) is 5.69 Å². The van der Waals surface area contributed by atoms with Crippen LogP contribution in [0.5, 0.6) is 5.75 Å². The Balaban J connectivity index is 2.04. The van der Waals surface area contributed by atoms with Crippen molar-refractivity contribution in [2.24, 2.45) is 5.73 Å². The van der Waals surface area contributed by atoms with Gasteiger partial charge in [-0.05, 0) is 36.8 Å². The van der Waals surface area contributed by atoms with Gasteiger partial charge in [-0.1, -0.05) is 12.1 Å². The van der Waals surface area contributed by atoms with Gasteiger partial charge in [0.1, 0.15) is 12.4 Å². The molecule has 0 atom stereocenters. The zero-order valence-electron chi connectivity index (χ0n) is 11.4. The van der Waals surface area contributed by atoms with Crippen molar-refractivity contribution in [3.8, 4) is 5.75 Å². The molecule has 2 aromatic carbocycles. The number of hydrogen-bond donors (Lipinski definition) is 1. The summed E-state index contributed by atoms with van der Waals surface area (Å²) in [6.07, 6.45) is 0. The summed E-state index contributed by atoms with van der Waals surface area (Å²) in [4.78, 5) is 21.2. The molecule has 0 spiro atoms. The van der Waals surface area contributed by atoms with Crippen LogP contribution in [0.1, 0.15) is 21.5 Å². The molecular formula is C15H14N2O4. The second-order valence-corrected chi connectivity index (χ2v) is 4.56. The van der Waals surface area contributed by atoms with Gasteiger partial charge < -0.3 is 10.5 Å². The zero-order valence-corrected chi connectivity index (χ0v) is 11.4. The molecule has 1 amide bonds. The summed E-state index contributed by atoms with van der Waals surface area (Å²) in [5, 5.41) is 10.7. The molecule has 0 fully saturated rings. The Morgan fingerprint density at radius 3 is 2.43 bits per heavy atom. The summed E-state index contributed by atoms with van der Waals surface area (Å²) in [5.74, 6) is 0.0746. The predicted octanol–water partition coefficient (Wildman–Crippen LogP) is 2.58. The lowest BCUT2D eigenvalue weighted by Gasteiger charge is -2.07. The van der Waals surface area contributed by atoms with E-state index in [0.717, 1.165) is 5.56 Å². The van der Waals surface area contributed by atoms with Gasteiger partial charge in [0.15, 0.2) is 0 Å². The maximum absolute atomic E-state index is 11.0. The monoisotopic (exact) mass is 286 g/mol. The Hall–Kier alpha value is -2.89. The van der Waals surface area contributed by atoms with Crippen LogP contribution in [-0.2, 0) is 6.61 Å². The molecule has 0 saturated carbocycles. The third-order valence-corrected chi connectivity index (χ3v) is 3.01. The van der Waals surface area contributed by atoms with E-state index in [1.54, 1.807) is 43.3 Å². The lowest BCUT2D eigenvalue weighted by atomic mass is 10.1. The van der Waals surface area contributed by atoms with Gasteiger partial charge >= 0.3 is 0 Å². The van der Waals surface area contributed by atoms with Gasteiger partial charge in [0.2, 0.25) is 5.91 Å². The predicted molar refractivity (Wildman–Crippen MR) is 77.1 cm³/mol. The molecule has 0 aliphatic heterocycles. The number of primary amides is 1. The van der Waals surface area contributed by atoms with Crippen LogP contribution in [0.25, 0.3) is 0 Å². The maximum atomic E-state index is 11.0. The van der Waals surface area contributed by atoms with Crippen molar-refractivity contribution in [1.82, 2.24) is 0 Å². The smallest absolute Gasteiger partial charge is 0.272 e. The highest BCUT2D eigenvalue weighted by Crippen LogP contribution is 2.23. The van der Waals surface area contributed by atoms with Gasteiger partial charge in [-0.2, -0.15) is 0 Å². The van der Waals surface area contributed by atoms with Crippen LogP contribution < -0.4 is 10.5 Å². The van der Waals surface area contributed by atoms with Crippen LogP contribution in [0.3, 0.4) is 0 Å². The third kappa shape index (κ3) is 3.56. The topological polar surface area (TPSA) is 95.5 Å². The number of nitrogens with two attached hydrogens (primary N) is 1. The number of rotatable bonds is 5. The molecule has 2 rings (SSSR count). The van der Waals surface area contributed by atoms with Crippen molar-refractivity contribution >= 4 is 11.6 Å². The van der Waals surface area contributed by atoms with Crippen molar-refractivity contribution in [2.75, 3.05) is 0 Å². The molecule has 0 aliphatic carbocycles. The molecule has 0 radical (unpaired) electrons. The van der Waals surface area contributed by atoms with E-state index in [2.05, 4.69) is 0 Å². The Bertz CT molecular complexity index is 681. The Kier molecular flexibility index (Phi) is 4.18. The van der Waals surface area contributed by atoms with Gasteiger partial charge in [0.05, 0.1) is 4.92 Å². The zero-order chi connectivity index (χ0) is 15.4. The number of carbonyl (C=O) groups excluding carboxylic acids is 1. The summed E-state index contributed by atoms with van der Waals surface area (Å²) in [6, 6.07) is 11.3. The molecule has 6 nitrogen and oxygen atoms in total. The van der Waals surface area contributed by atoms with Crippen molar-refractivity contribution in [3.05, 3.63) is 69.3 Å². The number of carbonyl (C=O) groups is 1. The van der Waals surface area contributed by atoms with Gasteiger partial charge in [0, 0.05) is 17.2 Å². The molecule has 0 bridgehead atoms. The number of aryl methyl sites for hydroxylation is 1. The first-order valence-electron chi connectivity index (χ1n) is 6.24. The Morgan fingerprint density at radius 2 is 1.90 bits per heavy atom. The molecule has 0 aromatic heterocycles. The molecule has 0 aliphatic rings. The Morgan fingerprint density at radius 1 is 1.24 bits per heavy atom. The fraction of sp³-hybridized carbons (Fsp3) is 0.133. The maximum Gasteiger partial charge on any atom is 0.272 e. The number of amides is 1. The van der Waals surface area contributed by atoms with Crippen LogP contribution >= 0.6 is 0 Å². The number of nitro groups is 1. The van der Waals surface area contributed by atoms with Crippen molar-refractivity contribution in [3.63, 3.8) is 0 Å². The van der Waals surface area contributed by atoms with Crippen LogP contribution in [0.15, 0.2) is 42.5 Å². The van der Waals surface area contributed by atoms with Crippen LogP contribution in [0, 0.1) is 17.0 Å². The second-order valence-electron chi connectivity index (χ2n) is 4.56. The molecule has 0 heterocycles. The summed E-state index contributed by atoms with van der Waals surface area (Å²) in [7, 11) is 0. The lowest BCUT2D eigenvalue weighted by molar-refractivity contribution is -0.385. The second kappa shape index (κ2) is 6.04. The summed E-state index contributed by atoms with van der Waals surface area (Å²) >= 11 is 0. The first kappa shape index (κ1) is 14.5. The molecule has 108 valence electrons. The first-order chi connectivity index (χ1) is 9.97. The first-order valence-corrected chi connectivity index (χ1v) is 6.24. The minimum absolute atomic E-state index is 0.0631. The van der Waals surface area contributed by atoms with E-state index in [1.165, 1.54) is 6.07 Å². The van der Waals surface area contributed by atoms with Gasteiger partial charge in [-0.3, -0.25) is 14.9 Å². The largest absolute Gasteiger partial charge is 0.489 e. The quantitative estimate of drug-likeness (QED) is 0.675. The van der Waals surface area contributed by atoms with E-state index in [4.69, 9.17) is 10.5 Å². The highest BCUT2D eigenvalue weighted by molar-refractivity contribution is 5.92. The van der Waals surface area contributed by atoms with E-state index in [-0.39, 0.29) is 5.69 Å². The van der Waals surface area contributed by atoms with Gasteiger partial charge in [-0.25, -0.2) is 0 Å². The van der Waals surface area contributed by atoms with Gasteiger partial charge in [-0.15, -0.1) is 0 Å². The van der Waals surface area contributed by atoms with E-state index in [0.29, 0.717) is 23.5 Å². The number of hydrogen-bond acceptors (Lipinski definition) is 4. The molecule has 6 heteroatoms. The minimum Gasteiger partial charge on any atom is -0.489 e. The van der Waals surface area contributed by atoms with Crippen LogP contribution in [-0.4, -0.2) is 10.8 Å². The summed E-state index contributed by atoms with van der Waals surface area (Å²) < 4.78 is 5.57. The van der Waals surface area contributed by atoms with Crippen LogP contribution in [0.2, 0.25) is 0 Å². The van der Waals surface area contributed by atoms with E-state index >= 15 is 0 Å². The fourth-order valence-corrected chi connectivity index (χ4v) is 1.85. The molecule has 21 heavy (non-hydrogen) atoms. The van der Waals surface area contributed by atoms with E-state index < -0.39 is 10.8 Å². The highest BCUT2D eigenvalue weighted by atomic mass is 16.6. The average Bonchev–Trinajstić information content (AvgIpc) is 2.45. The van der Waals surface area contributed by atoms with E-state index in [9.17, 15) is 14.9 Å². The number of benzene rings is 2. The number of ether oxygens (including phenoxy) is 1. The highest BCUT2D eigenvalue weighted by Gasteiger charge is 2.10. The van der Waals surface area contributed by atoms with E-state index in [1.807, 2.05) is 0 Å². The van der Waals surface area contributed by atoms with Crippen LogP contribution in [0.4, 0.5) is 5.69 Å². The molecule has 2 N–H and O–H groups in total. The normalized spacial score (nSPS) is 10.1. The number of nitro benzene ring substituents is 1. The fourth-order valence-electron chi connectivity index (χ4n) is 1.85. The Labute approximate surface area is 121 Å². The summed E-state index contributed by atoms with van der Waals surface area (Å²) in [5.41, 5.74) is 7.07. The number of nitrogens with zero attached hydrogens (tertiary/aromatic N) is 1. The average molecular weight is 286 g/mol. The summed E-state index contributed by atoms with van der Waals surface area (Å²) in [6.45, 7) is 1.96. The van der Waals surface area contributed by atoms with Crippen molar-refractivity contribution in [1.29, 1.82) is 0 Å². The molecular weight excluding hydrogens is 272 g/mol. The third-order valence-electron chi connectivity index (χ3n) is 3.01. The minimum atomic E-state index is -0.478. The van der Waals surface area contributed by atoms with Crippen molar-refractivity contribution in [2.45, 2.75) is 13.5 Å².